The Balaban J connectivity index is 1.35. The molecular weight excluding hydrogens is 416 g/mol. The van der Waals surface area contributed by atoms with Crippen LogP contribution >= 0.6 is 0 Å². The lowest BCUT2D eigenvalue weighted by atomic mass is 9.78. The number of nitrogens with one attached hydrogen (secondary N) is 2. The van der Waals surface area contributed by atoms with Gasteiger partial charge in [-0.25, -0.2) is 13.8 Å². The van der Waals surface area contributed by atoms with Gasteiger partial charge in [0.1, 0.15) is 16.7 Å². The number of likely N-dealkylation sites (tertiary alicyclic amines) is 1. The number of para-hydroxylation sites is 1. The molecule has 2 saturated heterocycles. The van der Waals surface area contributed by atoms with Crippen LogP contribution in [0.4, 0.5) is 0 Å². The second-order valence-electron chi connectivity index (χ2n) is 9.78. The number of hydrogen-bond donors (Lipinski definition) is 2. The van der Waals surface area contributed by atoms with E-state index in [2.05, 4.69) is 17.8 Å². The second kappa shape index (κ2) is 8.03. The standard InChI is InChI=1S/C22H32N4O4S/c1-16-12-18(24-23-16)21(27)25-10-8-22(9-11-25)14-26(13-17-6-7-17)31(28,29)20-5-3-2-4-19(20)30-15-22/h2-5,16-18,23-24H,6-15H2,1H3. The minimum Gasteiger partial charge on any atom is -0.492 e. The number of fused-ring (bicyclic) bond motifs is 1. The van der Waals surface area contributed by atoms with Gasteiger partial charge in [0.2, 0.25) is 15.9 Å². The van der Waals surface area contributed by atoms with Crippen LogP contribution in [0.3, 0.4) is 0 Å². The van der Waals surface area contributed by atoms with Gasteiger partial charge in [0.25, 0.3) is 0 Å². The molecule has 0 aromatic heterocycles. The summed E-state index contributed by atoms with van der Waals surface area (Å²) >= 11 is 0. The van der Waals surface area contributed by atoms with E-state index in [9.17, 15) is 13.2 Å². The average Bonchev–Trinajstić information content (AvgIpc) is 3.48. The number of amides is 1. The van der Waals surface area contributed by atoms with Crippen LogP contribution in [-0.2, 0) is 14.8 Å². The van der Waals surface area contributed by atoms with Gasteiger partial charge in [0.15, 0.2) is 0 Å². The van der Waals surface area contributed by atoms with Crippen molar-refractivity contribution in [2.75, 3.05) is 32.8 Å². The Bertz CT molecular complexity index is 941. The van der Waals surface area contributed by atoms with Crippen molar-refractivity contribution >= 4 is 15.9 Å². The van der Waals surface area contributed by atoms with Crippen LogP contribution in [-0.4, -0.2) is 68.4 Å². The van der Waals surface area contributed by atoms with Crippen LogP contribution in [0.25, 0.3) is 0 Å². The number of rotatable bonds is 3. The van der Waals surface area contributed by atoms with Crippen LogP contribution in [0.5, 0.6) is 5.75 Å². The molecule has 31 heavy (non-hydrogen) atoms. The van der Waals surface area contributed by atoms with Gasteiger partial charge in [-0.15, -0.1) is 0 Å². The van der Waals surface area contributed by atoms with Crippen molar-refractivity contribution in [2.45, 2.75) is 56.0 Å². The van der Waals surface area contributed by atoms with Crippen LogP contribution in [0.2, 0.25) is 0 Å². The van der Waals surface area contributed by atoms with Crippen LogP contribution in [0.15, 0.2) is 29.2 Å². The first kappa shape index (κ1) is 21.2. The lowest BCUT2D eigenvalue weighted by Crippen LogP contribution is -2.55. The largest absolute Gasteiger partial charge is 0.492 e. The van der Waals surface area contributed by atoms with Gasteiger partial charge >= 0.3 is 0 Å². The molecule has 1 aliphatic carbocycles. The Kier molecular flexibility index (Phi) is 5.48. The highest BCUT2D eigenvalue weighted by Gasteiger charge is 2.45. The first-order valence-electron chi connectivity index (χ1n) is 11.4. The normalized spacial score (nSPS) is 30.3. The second-order valence-corrected chi connectivity index (χ2v) is 11.7. The van der Waals surface area contributed by atoms with E-state index in [1.165, 1.54) is 0 Å². The molecule has 1 spiro atoms. The van der Waals surface area contributed by atoms with E-state index >= 15 is 0 Å². The first-order valence-corrected chi connectivity index (χ1v) is 12.8. The number of sulfonamides is 1. The summed E-state index contributed by atoms with van der Waals surface area (Å²) in [6.45, 7) is 4.84. The number of benzene rings is 1. The SMILES string of the molecule is CC1CC(C(=O)N2CCC3(CC2)COc2ccccc2S(=O)(=O)N(CC2CC2)C3)NN1. The predicted molar refractivity (Wildman–Crippen MR) is 116 cm³/mol. The van der Waals surface area contributed by atoms with Gasteiger partial charge in [-0.1, -0.05) is 12.1 Å². The van der Waals surface area contributed by atoms with E-state index in [0.29, 0.717) is 44.5 Å². The quantitative estimate of drug-likeness (QED) is 0.725. The van der Waals surface area contributed by atoms with Crippen molar-refractivity contribution in [3.8, 4) is 5.75 Å². The van der Waals surface area contributed by atoms with Crippen molar-refractivity contribution in [3.63, 3.8) is 0 Å². The molecule has 2 N–H and O–H groups in total. The van der Waals surface area contributed by atoms with E-state index in [1.54, 1.807) is 22.5 Å². The molecule has 2 atom stereocenters. The summed E-state index contributed by atoms with van der Waals surface area (Å²) in [5, 5.41) is 0. The number of hydrogen-bond acceptors (Lipinski definition) is 6. The van der Waals surface area contributed by atoms with Gasteiger partial charge in [-0.05, 0) is 57.1 Å². The summed E-state index contributed by atoms with van der Waals surface area (Å²) in [5.74, 6) is 1.03. The molecule has 5 rings (SSSR count). The van der Waals surface area contributed by atoms with Crippen molar-refractivity contribution in [1.29, 1.82) is 0 Å². The van der Waals surface area contributed by atoms with Crippen LogP contribution in [0.1, 0.15) is 39.0 Å². The fourth-order valence-corrected chi connectivity index (χ4v) is 6.77. The maximum Gasteiger partial charge on any atom is 0.246 e. The third-order valence-electron chi connectivity index (χ3n) is 7.20. The Hall–Kier alpha value is -1.68. The molecule has 9 heteroatoms. The van der Waals surface area contributed by atoms with E-state index in [4.69, 9.17) is 4.74 Å². The van der Waals surface area contributed by atoms with Crippen LogP contribution < -0.4 is 15.6 Å². The zero-order valence-electron chi connectivity index (χ0n) is 18.0. The highest BCUT2D eigenvalue weighted by atomic mass is 32.2. The summed E-state index contributed by atoms with van der Waals surface area (Å²) in [6, 6.07) is 7.07. The summed E-state index contributed by atoms with van der Waals surface area (Å²) in [4.78, 5) is 15.1. The van der Waals surface area contributed by atoms with Gasteiger partial charge in [0, 0.05) is 37.6 Å². The average molecular weight is 449 g/mol. The molecule has 3 fully saturated rings. The van der Waals surface area contributed by atoms with E-state index in [-0.39, 0.29) is 28.3 Å². The fourth-order valence-electron chi connectivity index (χ4n) is 5.01. The van der Waals surface area contributed by atoms with E-state index in [0.717, 1.165) is 32.1 Å². The zero-order chi connectivity index (χ0) is 21.6. The molecule has 3 heterocycles. The number of ether oxygens (including phenoxy) is 1. The lowest BCUT2D eigenvalue weighted by Gasteiger charge is -2.45. The molecule has 1 aromatic carbocycles. The molecule has 1 saturated carbocycles. The molecule has 8 nitrogen and oxygen atoms in total. The molecule has 4 aliphatic rings. The van der Waals surface area contributed by atoms with E-state index < -0.39 is 10.0 Å². The number of nitrogens with zero attached hydrogens (tertiary/aromatic N) is 2. The molecule has 0 bridgehead atoms. The van der Waals surface area contributed by atoms with Gasteiger partial charge < -0.3 is 9.64 Å². The fraction of sp³-hybridized carbons (Fsp3) is 0.682. The minimum absolute atomic E-state index is 0.131. The van der Waals surface area contributed by atoms with Gasteiger partial charge in [-0.3, -0.25) is 10.2 Å². The summed E-state index contributed by atoms with van der Waals surface area (Å²) < 4.78 is 34.8. The number of piperidine rings is 1. The van der Waals surface area contributed by atoms with Gasteiger partial charge in [0.05, 0.1) is 6.61 Å². The van der Waals surface area contributed by atoms with Gasteiger partial charge in [-0.2, -0.15) is 4.31 Å². The predicted octanol–water partition coefficient (Wildman–Crippen LogP) is 1.34. The number of hydrazine groups is 1. The van der Waals surface area contributed by atoms with Crippen molar-refractivity contribution in [1.82, 2.24) is 20.1 Å². The Morgan fingerprint density at radius 1 is 1.19 bits per heavy atom. The maximum absolute atomic E-state index is 13.5. The molecule has 1 amide bonds. The number of carbonyl (C=O) groups excluding carboxylic acids is 1. The van der Waals surface area contributed by atoms with Crippen molar-refractivity contribution in [3.05, 3.63) is 24.3 Å². The zero-order valence-corrected chi connectivity index (χ0v) is 18.9. The van der Waals surface area contributed by atoms with E-state index in [1.807, 2.05) is 11.0 Å². The molecule has 2 unspecified atom stereocenters. The third-order valence-corrected chi connectivity index (χ3v) is 9.05. The summed E-state index contributed by atoms with van der Waals surface area (Å²) in [6.07, 6.45) is 4.47. The Morgan fingerprint density at radius 2 is 1.94 bits per heavy atom. The third kappa shape index (κ3) is 4.20. The number of carbonyl (C=O) groups is 1. The Labute approximate surface area is 184 Å². The highest BCUT2D eigenvalue weighted by Crippen LogP contribution is 2.41. The Morgan fingerprint density at radius 3 is 2.61 bits per heavy atom. The summed E-state index contributed by atoms with van der Waals surface area (Å²) in [7, 11) is -3.61. The monoisotopic (exact) mass is 448 g/mol. The molecule has 0 radical (unpaired) electrons. The topological polar surface area (TPSA) is 91.0 Å². The van der Waals surface area contributed by atoms with Crippen molar-refractivity contribution < 1.29 is 17.9 Å². The van der Waals surface area contributed by atoms with Crippen molar-refractivity contribution in [2.24, 2.45) is 11.3 Å². The smallest absolute Gasteiger partial charge is 0.246 e. The molecule has 3 aliphatic heterocycles. The molecule has 1 aromatic rings. The maximum atomic E-state index is 13.5. The summed E-state index contributed by atoms with van der Waals surface area (Å²) in [5.41, 5.74) is 5.94. The minimum atomic E-state index is -3.61. The van der Waals surface area contributed by atoms with Crippen LogP contribution in [0, 0.1) is 11.3 Å². The highest BCUT2D eigenvalue weighted by molar-refractivity contribution is 7.89. The first-order chi connectivity index (χ1) is 14.9. The molecule has 170 valence electrons. The molecular formula is C22H32N4O4S. The lowest BCUT2D eigenvalue weighted by molar-refractivity contribution is -0.136.